The Bertz CT molecular complexity index is 884. The lowest BCUT2D eigenvalue weighted by Crippen LogP contribution is -2.44. The molecule has 1 aromatic carbocycles. The molecule has 2 rings (SSSR count). The van der Waals surface area contributed by atoms with Crippen molar-refractivity contribution in [3.63, 3.8) is 0 Å². The average molecular weight is 376 g/mol. The number of halogens is 2. The summed E-state index contributed by atoms with van der Waals surface area (Å²) in [6, 6.07) is 6.82. The standard InChI is InChI=1S/C17H14F2N4O2S/c1-17(2)10(6-20)15(25)23-16(11(17)7-21)26-8-14(24)22-9-3-4-12(18)13(19)5-9/h3-5,10H,8H2,1-2H3,(H,22,24)(H,23,25)/t10-/m0/s1. The van der Waals surface area contributed by atoms with Crippen LogP contribution in [0.4, 0.5) is 14.5 Å². The molecule has 2 amide bonds. The van der Waals surface area contributed by atoms with E-state index in [1.165, 1.54) is 6.07 Å². The summed E-state index contributed by atoms with van der Waals surface area (Å²) in [4.78, 5) is 24.0. The number of carbonyl (C=O) groups excluding carboxylic acids is 2. The van der Waals surface area contributed by atoms with Gasteiger partial charge in [-0.25, -0.2) is 8.78 Å². The van der Waals surface area contributed by atoms with E-state index in [-0.39, 0.29) is 22.0 Å². The highest BCUT2D eigenvalue weighted by Crippen LogP contribution is 2.41. The molecule has 0 aliphatic carbocycles. The fourth-order valence-corrected chi connectivity index (χ4v) is 3.42. The molecule has 1 heterocycles. The zero-order valence-electron chi connectivity index (χ0n) is 13.9. The van der Waals surface area contributed by atoms with Crippen LogP contribution >= 0.6 is 11.8 Å². The maximum Gasteiger partial charge on any atom is 0.243 e. The SMILES string of the molecule is CC1(C)C(C#N)=C(SCC(=O)Nc2ccc(F)c(F)c2)NC(=O)[C@@H]1C#N. The molecule has 26 heavy (non-hydrogen) atoms. The van der Waals surface area contributed by atoms with Gasteiger partial charge >= 0.3 is 0 Å². The maximum absolute atomic E-state index is 13.2. The number of benzene rings is 1. The molecule has 1 atom stereocenters. The first kappa shape index (κ1) is 19.4. The normalized spacial score (nSPS) is 18.5. The first-order valence-electron chi connectivity index (χ1n) is 7.43. The van der Waals surface area contributed by atoms with Gasteiger partial charge in [-0.1, -0.05) is 25.6 Å². The van der Waals surface area contributed by atoms with Crippen LogP contribution in [0.3, 0.4) is 0 Å². The van der Waals surface area contributed by atoms with E-state index < -0.39 is 34.8 Å². The van der Waals surface area contributed by atoms with Gasteiger partial charge in [0.25, 0.3) is 0 Å². The van der Waals surface area contributed by atoms with Crippen LogP contribution in [0.1, 0.15) is 13.8 Å². The highest BCUT2D eigenvalue weighted by atomic mass is 32.2. The molecule has 9 heteroatoms. The van der Waals surface area contributed by atoms with Crippen molar-refractivity contribution in [1.82, 2.24) is 5.32 Å². The fourth-order valence-electron chi connectivity index (χ4n) is 2.44. The Morgan fingerprint density at radius 3 is 2.62 bits per heavy atom. The van der Waals surface area contributed by atoms with Crippen LogP contribution in [0.15, 0.2) is 28.8 Å². The van der Waals surface area contributed by atoms with Gasteiger partial charge in [0.2, 0.25) is 11.8 Å². The number of nitrogens with zero attached hydrogens (tertiary/aromatic N) is 2. The van der Waals surface area contributed by atoms with E-state index in [0.717, 1.165) is 23.9 Å². The van der Waals surface area contributed by atoms with Crippen molar-refractivity contribution in [1.29, 1.82) is 10.5 Å². The van der Waals surface area contributed by atoms with Crippen LogP contribution in [0, 0.1) is 45.6 Å². The predicted molar refractivity (Wildman–Crippen MR) is 91.1 cm³/mol. The summed E-state index contributed by atoms with van der Waals surface area (Å²) in [5, 5.41) is 23.6. The smallest absolute Gasteiger partial charge is 0.243 e. The Morgan fingerprint density at radius 2 is 2.04 bits per heavy atom. The van der Waals surface area contributed by atoms with Crippen LogP contribution in [0.25, 0.3) is 0 Å². The van der Waals surface area contributed by atoms with Crippen LogP contribution in [-0.4, -0.2) is 17.6 Å². The Morgan fingerprint density at radius 1 is 1.35 bits per heavy atom. The molecule has 0 aromatic heterocycles. The minimum Gasteiger partial charge on any atom is -0.325 e. The molecular weight excluding hydrogens is 362 g/mol. The van der Waals surface area contributed by atoms with E-state index >= 15 is 0 Å². The van der Waals surface area contributed by atoms with E-state index in [4.69, 9.17) is 5.26 Å². The molecule has 0 fully saturated rings. The van der Waals surface area contributed by atoms with Crippen LogP contribution in [0.2, 0.25) is 0 Å². The first-order chi connectivity index (χ1) is 12.2. The summed E-state index contributed by atoms with van der Waals surface area (Å²) in [6.45, 7) is 3.22. The van der Waals surface area contributed by atoms with Gasteiger partial charge in [0.05, 0.1) is 28.5 Å². The van der Waals surface area contributed by atoms with Crippen molar-refractivity contribution in [2.45, 2.75) is 13.8 Å². The third-order valence-electron chi connectivity index (χ3n) is 3.88. The molecule has 1 aliphatic heterocycles. The minimum atomic E-state index is -1.09. The molecule has 1 aromatic rings. The Labute approximate surface area is 152 Å². The quantitative estimate of drug-likeness (QED) is 0.840. The highest BCUT2D eigenvalue weighted by Gasteiger charge is 2.44. The van der Waals surface area contributed by atoms with E-state index in [1.807, 2.05) is 12.1 Å². The summed E-state index contributed by atoms with van der Waals surface area (Å²) in [6.07, 6.45) is 0. The third-order valence-corrected chi connectivity index (χ3v) is 4.89. The van der Waals surface area contributed by atoms with E-state index in [1.54, 1.807) is 13.8 Å². The second-order valence-corrected chi connectivity index (χ2v) is 7.04. The molecule has 1 aliphatic rings. The number of amides is 2. The molecule has 0 saturated carbocycles. The van der Waals surface area contributed by atoms with Crippen molar-refractivity contribution in [3.8, 4) is 12.1 Å². The van der Waals surface area contributed by atoms with Crippen molar-refractivity contribution >= 4 is 29.3 Å². The number of nitriles is 2. The minimum absolute atomic E-state index is 0.0848. The molecule has 0 bridgehead atoms. The number of hydrogen-bond acceptors (Lipinski definition) is 5. The lowest BCUT2D eigenvalue weighted by Gasteiger charge is -2.34. The number of thioether (sulfide) groups is 1. The molecule has 0 unspecified atom stereocenters. The van der Waals surface area contributed by atoms with Crippen molar-refractivity contribution < 1.29 is 18.4 Å². The van der Waals surface area contributed by atoms with Crippen molar-refractivity contribution in [3.05, 3.63) is 40.4 Å². The van der Waals surface area contributed by atoms with Crippen LogP contribution < -0.4 is 10.6 Å². The topological polar surface area (TPSA) is 106 Å². The van der Waals surface area contributed by atoms with Gasteiger partial charge in [-0.15, -0.1) is 0 Å². The summed E-state index contributed by atoms with van der Waals surface area (Å²) in [5.41, 5.74) is -0.708. The second-order valence-electron chi connectivity index (χ2n) is 6.05. The number of carbonyl (C=O) groups is 2. The molecule has 0 spiro atoms. The number of hydrogen-bond donors (Lipinski definition) is 2. The van der Waals surface area contributed by atoms with Gasteiger partial charge in [-0.05, 0) is 12.1 Å². The Hall–Kier alpha value is -2.91. The molecule has 6 nitrogen and oxygen atoms in total. The molecule has 0 radical (unpaired) electrons. The molecule has 0 saturated heterocycles. The van der Waals surface area contributed by atoms with Crippen LogP contribution in [-0.2, 0) is 9.59 Å². The lowest BCUT2D eigenvalue weighted by atomic mass is 9.72. The summed E-state index contributed by atoms with van der Waals surface area (Å²) in [7, 11) is 0. The summed E-state index contributed by atoms with van der Waals surface area (Å²) >= 11 is 0.919. The number of anilines is 1. The summed E-state index contributed by atoms with van der Waals surface area (Å²) in [5.74, 6) is -4.38. The number of nitrogens with one attached hydrogen (secondary N) is 2. The third kappa shape index (κ3) is 3.84. The van der Waals surface area contributed by atoms with Gasteiger partial charge in [-0.2, -0.15) is 10.5 Å². The van der Waals surface area contributed by atoms with Gasteiger partial charge in [0, 0.05) is 17.2 Å². The zero-order chi connectivity index (χ0) is 19.5. The first-order valence-corrected chi connectivity index (χ1v) is 8.42. The van der Waals surface area contributed by atoms with E-state index in [2.05, 4.69) is 10.6 Å². The second kappa shape index (κ2) is 7.54. The van der Waals surface area contributed by atoms with Gasteiger partial charge in [0.15, 0.2) is 11.6 Å². The average Bonchev–Trinajstić information content (AvgIpc) is 2.56. The van der Waals surface area contributed by atoms with E-state index in [0.29, 0.717) is 0 Å². The summed E-state index contributed by atoms with van der Waals surface area (Å²) < 4.78 is 26.0. The molecule has 134 valence electrons. The fraction of sp³-hybridized carbons (Fsp3) is 0.294. The van der Waals surface area contributed by atoms with Crippen LogP contribution in [0.5, 0.6) is 0 Å². The number of allylic oxidation sites excluding steroid dienone is 1. The zero-order valence-corrected chi connectivity index (χ0v) is 14.7. The highest BCUT2D eigenvalue weighted by molar-refractivity contribution is 8.03. The van der Waals surface area contributed by atoms with Crippen molar-refractivity contribution in [2.75, 3.05) is 11.1 Å². The molecular formula is C17H14F2N4O2S. The Balaban J connectivity index is 2.12. The van der Waals surface area contributed by atoms with Gasteiger partial charge in [-0.3, -0.25) is 9.59 Å². The lowest BCUT2D eigenvalue weighted by molar-refractivity contribution is -0.125. The Kier molecular flexibility index (Phi) is 5.63. The van der Waals surface area contributed by atoms with Gasteiger partial charge < -0.3 is 10.6 Å². The predicted octanol–water partition coefficient (Wildman–Crippen LogP) is 2.67. The van der Waals surface area contributed by atoms with Crippen molar-refractivity contribution in [2.24, 2.45) is 11.3 Å². The largest absolute Gasteiger partial charge is 0.325 e. The van der Waals surface area contributed by atoms with E-state index in [9.17, 15) is 23.6 Å². The maximum atomic E-state index is 13.2. The monoisotopic (exact) mass is 376 g/mol. The van der Waals surface area contributed by atoms with Gasteiger partial charge in [0.1, 0.15) is 5.92 Å². The number of rotatable bonds is 4. The molecule has 2 N–H and O–H groups in total.